The number of piperazine rings is 1. The molecule has 0 saturated carbocycles. The van der Waals surface area contributed by atoms with Gasteiger partial charge in [0.05, 0.1) is 0 Å². The van der Waals surface area contributed by atoms with Gasteiger partial charge in [-0.3, -0.25) is 9.69 Å². The summed E-state index contributed by atoms with van der Waals surface area (Å²) in [5.41, 5.74) is 5.51. The number of hydrogen-bond donors (Lipinski definition) is 1. The Bertz CT molecular complexity index is 399. The van der Waals surface area contributed by atoms with Crippen LogP contribution in [-0.4, -0.2) is 48.4 Å². The Hall–Kier alpha value is -0.910. The van der Waals surface area contributed by atoms with E-state index < -0.39 is 0 Å². The first-order valence-electron chi connectivity index (χ1n) is 7.44. The van der Waals surface area contributed by atoms with Crippen molar-refractivity contribution in [3.8, 4) is 0 Å². The molecule has 2 rings (SSSR count). The normalized spacial score (nSPS) is 18.2. The zero-order chi connectivity index (χ0) is 14.4. The zero-order valence-corrected chi connectivity index (χ0v) is 13.1. The molecule has 2 N–H and O–H groups in total. The summed E-state index contributed by atoms with van der Waals surface area (Å²) in [6.45, 7) is 7.39. The van der Waals surface area contributed by atoms with Crippen LogP contribution in [0.1, 0.15) is 24.6 Å². The Morgan fingerprint density at radius 3 is 2.75 bits per heavy atom. The van der Waals surface area contributed by atoms with Crippen molar-refractivity contribution in [1.82, 2.24) is 9.80 Å². The maximum absolute atomic E-state index is 12.3. The highest BCUT2D eigenvalue weighted by Gasteiger charge is 2.24. The van der Waals surface area contributed by atoms with Gasteiger partial charge in [-0.15, -0.1) is 11.3 Å². The van der Waals surface area contributed by atoms with Crippen molar-refractivity contribution < 1.29 is 4.79 Å². The highest BCUT2D eigenvalue weighted by Crippen LogP contribution is 2.15. The summed E-state index contributed by atoms with van der Waals surface area (Å²) in [6.07, 6.45) is 1.84. The Morgan fingerprint density at radius 2 is 2.15 bits per heavy atom. The second-order valence-corrected chi connectivity index (χ2v) is 6.54. The lowest BCUT2D eigenvalue weighted by Gasteiger charge is -2.35. The number of hydrogen-bond acceptors (Lipinski definition) is 4. The van der Waals surface area contributed by atoms with Crippen molar-refractivity contribution in [2.45, 2.75) is 26.3 Å². The molecule has 1 amide bonds. The largest absolute Gasteiger partial charge is 0.340 e. The number of carbonyl (C=O) groups is 1. The number of amides is 1. The Balaban J connectivity index is 1.74. The van der Waals surface area contributed by atoms with E-state index in [0.717, 1.165) is 45.6 Å². The van der Waals surface area contributed by atoms with Gasteiger partial charge in [0.2, 0.25) is 5.91 Å². The predicted octanol–water partition coefficient (Wildman–Crippen LogP) is 1.77. The molecule has 0 aromatic carbocycles. The van der Waals surface area contributed by atoms with Gasteiger partial charge in [-0.25, -0.2) is 0 Å². The summed E-state index contributed by atoms with van der Waals surface area (Å²) in [6, 6.07) is 4.27. The molecule has 0 radical (unpaired) electrons. The van der Waals surface area contributed by atoms with Crippen molar-refractivity contribution in [1.29, 1.82) is 0 Å². The van der Waals surface area contributed by atoms with Crippen molar-refractivity contribution in [3.05, 3.63) is 22.4 Å². The van der Waals surface area contributed by atoms with E-state index in [1.165, 1.54) is 4.88 Å². The summed E-state index contributed by atoms with van der Waals surface area (Å²) in [5.74, 6) is 0.414. The molecule has 4 nitrogen and oxygen atoms in total. The Morgan fingerprint density at radius 1 is 1.40 bits per heavy atom. The van der Waals surface area contributed by atoms with E-state index in [1.54, 1.807) is 11.3 Å². The van der Waals surface area contributed by atoms with E-state index in [4.69, 9.17) is 5.73 Å². The number of thiophene rings is 1. The summed E-state index contributed by atoms with van der Waals surface area (Å²) in [4.78, 5) is 18.2. The maximum Gasteiger partial charge on any atom is 0.225 e. The monoisotopic (exact) mass is 295 g/mol. The molecule has 1 saturated heterocycles. The van der Waals surface area contributed by atoms with E-state index in [1.807, 2.05) is 11.8 Å². The molecule has 112 valence electrons. The molecule has 1 aromatic rings. The lowest BCUT2D eigenvalue weighted by atomic mass is 10.0. The minimum absolute atomic E-state index is 0.113. The van der Waals surface area contributed by atoms with E-state index in [-0.39, 0.29) is 5.92 Å². The second kappa shape index (κ2) is 7.76. The molecule has 1 aliphatic rings. The zero-order valence-electron chi connectivity index (χ0n) is 12.3. The molecule has 20 heavy (non-hydrogen) atoms. The fraction of sp³-hybridized carbons (Fsp3) is 0.667. The fourth-order valence-electron chi connectivity index (χ4n) is 2.61. The van der Waals surface area contributed by atoms with Crippen molar-refractivity contribution in [3.63, 3.8) is 0 Å². The van der Waals surface area contributed by atoms with Crippen molar-refractivity contribution >= 4 is 17.2 Å². The molecule has 0 aliphatic carbocycles. The van der Waals surface area contributed by atoms with Gasteiger partial charge in [-0.1, -0.05) is 13.0 Å². The van der Waals surface area contributed by atoms with Gasteiger partial charge in [0.1, 0.15) is 0 Å². The lowest BCUT2D eigenvalue weighted by molar-refractivity contribution is -0.137. The minimum atomic E-state index is 0.113. The number of carbonyl (C=O) groups excluding carboxylic acids is 1. The van der Waals surface area contributed by atoms with Gasteiger partial charge < -0.3 is 10.6 Å². The molecule has 0 bridgehead atoms. The highest BCUT2D eigenvalue weighted by atomic mass is 32.1. The van der Waals surface area contributed by atoms with E-state index >= 15 is 0 Å². The first-order valence-corrected chi connectivity index (χ1v) is 8.32. The molecule has 0 spiro atoms. The van der Waals surface area contributed by atoms with Gasteiger partial charge in [0, 0.05) is 43.5 Å². The van der Waals surface area contributed by atoms with Crippen LogP contribution in [0.2, 0.25) is 0 Å². The van der Waals surface area contributed by atoms with Crippen LogP contribution in [0.3, 0.4) is 0 Å². The SMILES string of the molecule is CC(CCCN)C(=O)N1CCN(Cc2cccs2)CC1. The first-order chi connectivity index (χ1) is 9.70. The summed E-state index contributed by atoms with van der Waals surface area (Å²) < 4.78 is 0. The van der Waals surface area contributed by atoms with Crippen molar-refractivity contribution in [2.75, 3.05) is 32.7 Å². The highest BCUT2D eigenvalue weighted by molar-refractivity contribution is 7.09. The average Bonchev–Trinajstić information content (AvgIpc) is 2.97. The van der Waals surface area contributed by atoms with Crippen LogP contribution in [0.15, 0.2) is 17.5 Å². The lowest BCUT2D eigenvalue weighted by Crippen LogP contribution is -2.49. The summed E-state index contributed by atoms with van der Waals surface area (Å²) in [7, 11) is 0. The Labute approximate surface area is 125 Å². The molecule has 1 aromatic heterocycles. The predicted molar refractivity (Wildman–Crippen MR) is 83.6 cm³/mol. The van der Waals surface area contributed by atoms with Crippen LogP contribution in [0.25, 0.3) is 0 Å². The molecular formula is C15H25N3OS. The third kappa shape index (κ3) is 4.30. The van der Waals surface area contributed by atoms with Crippen LogP contribution in [-0.2, 0) is 11.3 Å². The van der Waals surface area contributed by atoms with Crippen LogP contribution >= 0.6 is 11.3 Å². The molecule has 1 unspecified atom stereocenters. The number of nitrogens with zero attached hydrogens (tertiary/aromatic N) is 2. The van der Waals surface area contributed by atoms with Gasteiger partial charge in [-0.05, 0) is 30.8 Å². The van der Waals surface area contributed by atoms with Crippen LogP contribution in [0.5, 0.6) is 0 Å². The second-order valence-electron chi connectivity index (χ2n) is 5.51. The van der Waals surface area contributed by atoms with Crippen LogP contribution in [0.4, 0.5) is 0 Å². The van der Waals surface area contributed by atoms with E-state index in [0.29, 0.717) is 12.5 Å². The number of nitrogens with two attached hydrogens (primary N) is 1. The van der Waals surface area contributed by atoms with Crippen LogP contribution < -0.4 is 5.73 Å². The molecule has 1 fully saturated rings. The standard InChI is InChI=1S/C15H25N3OS/c1-13(4-2-6-16)15(19)18-9-7-17(8-10-18)12-14-5-3-11-20-14/h3,5,11,13H,2,4,6-10,12,16H2,1H3. The van der Waals surface area contributed by atoms with Crippen LogP contribution in [0, 0.1) is 5.92 Å². The molecule has 2 heterocycles. The average molecular weight is 295 g/mol. The molecule has 1 aliphatic heterocycles. The van der Waals surface area contributed by atoms with E-state index in [9.17, 15) is 4.79 Å². The topological polar surface area (TPSA) is 49.6 Å². The number of rotatable bonds is 6. The molecular weight excluding hydrogens is 270 g/mol. The van der Waals surface area contributed by atoms with Crippen molar-refractivity contribution in [2.24, 2.45) is 11.7 Å². The molecule has 1 atom stereocenters. The van der Waals surface area contributed by atoms with Gasteiger partial charge in [0.25, 0.3) is 0 Å². The van der Waals surface area contributed by atoms with Gasteiger partial charge in [0.15, 0.2) is 0 Å². The summed E-state index contributed by atoms with van der Waals surface area (Å²) >= 11 is 1.80. The first kappa shape index (κ1) is 15.5. The third-order valence-electron chi connectivity index (χ3n) is 3.91. The van der Waals surface area contributed by atoms with E-state index in [2.05, 4.69) is 22.4 Å². The smallest absolute Gasteiger partial charge is 0.225 e. The van der Waals surface area contributed by atoms with Gasteiger partial charge in [-0.2, -0.15) is 0 Å². The molecule has 5 heteroatoms. The Kier molecular flexibility index (Phi) is 6.01. The third-order valence-corrected chi connectivity index (χ3v) is 4.77. The maximum atomic E-state index is 12.3. The van der Waals surface area contributed by atoms with Gasteiger partial charge >= 0.3 is 0 Å². The summed E-state index contributed by atoms with van der Waals surface area (Å²) in [5, 5.41) is 2.12. The quantitative estimate of drug-likeness (QED) is 0.870. The minimum Gasteiger partial charge on any atom is -0.340 e. The fourth-order valence-corrected chi connectivity index (χ4v) is 3.35.